The molecule has 0 saturated carbocycles. The van der Waals surface area contributed by atoms with Gasteiger partial charge < -0.3 is 10.4 Å². The number of hydrogen-bond donors (Lipinski definition) is 2. The molecule has 19 heavy (non-hydrogen) atoms. The molecule has 1 fully saturated rings. The highest BCUT2D eigenvalue weighted by atomic mass is 79.9. The minimum absolute atomic E-state index is 0.318. The molecule has 2 rings (SSSR count). The minimum Gasteiger partial charge on any atom is -0.507 e. The molecule has 0 aromatic heterocycles. The lowest BCUT2D eigenvalue weighted by atomic mass is 9.98. The molecule has 1 aromatic carbocycles. The minimum atomic E-state index is 0.318. The molecule has 1 aliphatic rings. The zero-order valence-corrected chi connectivity index (χ0v) is 13.1. The van der Waals surface area contributed by atoms with Gasteiger partial charge in [0.15, 0.2) is 0 Å². The smallest absolute Gasteiger partial charge is 0.129 e. The van der Waals surface area contributed by atoms with Gasteiger partial charge in [0.2, 0.25) is 0 Å². The molecule has 1 heterocycles. The summed E-state index contributed by atoms with van der Waals surface area (Å²) in [4.78, 5) is 2.56. The normalized spacial score (nSPS) is 18.4. The molecule has 1 atom stereocenters. The van der Waals surface area contributed by atoms with Crippen LogP contribution < -0.4 is 5.32 Å². The first-order valence-corrected chi connectivity index (χ1v) is 7.95. The highest BCUT2D eigenvalue weighted by Crippen LogP contribution is 2.32. The average Bonchev–Trinajstić information content (AvgIpc) is 2.44. The maximum absolute atomic E-state index is 9.64. The van der Waals surface area contributed by atoms with Crippen molar-refractivity contribution in [1.29, 1.82) is 0 Å². The number of benzene rings is 1. The number of nitrogens with zero attached hydrogens (tertiary/aromatic N) is 1. The Morgan fingerprint density at radius 2 is 2.11 bits per heavy atom. The Morgan fingerprint density at radius 3 is 2.74 bits per heavy atom. The van der Waals surface area contributed by atoms with Crippen LogP contribution in [0.2, 0.25) is 0 Å². The first kappa shape index (κ1) is 14.8. The quantitative estimate of drug-likeness (QED) is 0.871. The Kier molecular flexibility index (Phi) is 5.67. The number of piperazine rings is 1. The van der Waals surface area contributed by atoms with Gasteiger partial charge in [0.25, 0.3) is 0 Å². The number of aromatic hydroxyl groups is 1. The summed E-state index contributed by atoms with van der Waals surface area (Å²) in [6.07, 6.45) is 3.66. The van der Waals surface area contributed by atoms with Gasteiger partial charge in [-0.1, -0.05) is 25.8 Å². The standard InChI is InChI=1S/C15H23BrN2O/c1-2-3-4-14(18-9-7-17-8-10-18)12-5-6-15(19)13(16)11-12/h5-6,11,14,17,19H,2-4,7-10H2,1H3/t14-/m1/s1. The molecule has 1 aliphatic heterocycles. The van der Waals surface area contributed by atoms with E-state index in [0.29, 0.717) is 11.8 Å². The van der Waals surface area contributed by atoms with Crippen LogP contribution in [0, 0.1) is 0 Å². The van der Waals surface area contributed by atoms with Crippen LogP contribution in [0.3, 0.4) is 0 Å². The van der Waals surface area contributed by atoms with Gasteiger partial charge >= 0.3 is 0 Å². The van der Waals surface area contributed by atoms with Gasteiger partial charge in [-0.05, 0) is 40.0 Å². The first-order valence-electron chi connectivity index (χ1n) is 7.15. The van der Waals surface area contributed by atoms with Gasteiger partial charge in [0, 0.05) is 32.2 Å². The molecule has 4 heteroatoms. The SMILES string of the molecule is CCCC[C@H](c1ccc(O)c(Br)c1)N1CCNCC1. The van der Waals surface area contributed by atoms with Gasteiger partial charge in [0.1, 0.15) is 5.75 Å². The predicted molar refractivity (Wildman–Crippen MR) is 82.5 cm³/mol. The number of rotatable bonds is 5. The van der Waals surface area contributed by atoms with Crippen LogP contribution in [-0.2, 0) is 0 Å². The number of unbranched alkanes of at least 4 members (excludes halogenated alkanes) is 1. The number of phenols is 1. The molecule has 2 N–H and O–H groups in total. The van der Waals surface area contributed by atoms with Crippen molar-refractivity contribution in [3.63, 3.8) is 0 Å². The van der Waals surface area contributed by atoms with Gasteiger partial charge in [-0.25, -0.2) is 0 Å². The zero-order chi connectivity index (χ0) is 13.7. The number of nitrogens with one attached hydrogen (secondary N) is 1. The Morgan fingerprint density at radius 1 is 1.37 bits per heavy atom. The molecule has 0 unspecified atom stereocenters. The summed E-state index contributed by atoms with van der Waals surface area (Å²) in [6.45, 7) is 6.59. The van der Waals surface area contributed by atoms with Crippen molar-refractivity contribution in [3.05, 3.63) is 28.2 Å². The Labute approximate surface area is 124 Å². The van der Waals surface area contributed by atoms with Crippen LogP contribution in [0.25, 0.3) is 0 Å². The van der Waals surface area contributed by atoms with E-state index in [1.807, 2.05) is 0 Å². The molecule has 1 aromatic rings. The molecule has 0 radical (unpaired) electrons. The fourth-order valence-corrected chi connectivity index (χ4v) is 3.08. The highest BCUT2D eigenvalue weighted by Gasteiger charge is 2.22. The number of phenolic OH excluding ortho intramolecular Hbond substituents is 1. The van der Waals surface area contributed by atoms with Crippen LogP contribution in [0.1, 0.15) is 37.8 Å². The summed E-state index contributed by atoms with van der Waals surface area (Å²) >= 11 is 3.43. The van der Waals surface area contributed by atoms with Gasteiger partial charge in [0.05, 0.1) is 4.47 Å². The maximum atomic E-state index is 9.64. The van der Waals surface area contributed by atoms with E-state index >= 15 is 0 Å². The Hall–Kier alpha value is -0.580. The molecule has 0 aliphatic carbocycles. The second-order valence-corrected chi connectivity index (χ2v) is 6.01. The molecule has 1 saturated heterocycles. The Bertz CT molecular complexity index is 405. The topological polar surface area (TPSA) is 35.5 Å². The summed E-state index contributed by atoms with van der Waals surface area (Å²) in [5.74, 6) is 0.318. The van der Waals surface area contributed by atoms with Crippen molar-refractivity contribution >= 4 is 15.9 Å². The molecular formula is C15H23BrN2O. The van der Waals surface area contributed by atoms with Gasteiger partial charge in [-0.2, -0.15) is 0 Å². The number of halogens is 1. The first-order chi connectivity index (χ1) is 9.22. The molecule has 0 spiro atoms. The van der Waals surface area contributed by atoms with Crippen LogP contribution in [0.4, 0.5) is 0 Å². The lowest BCUT2D eigenvalue weighted by Crippen LogP contribution is -2.45. The van der Waals surface area contributed by atoms with Gasteiger partial charge in [-0.3, -0.25) is 4.90 Å². The van der Waals surface area contributed by atoms with Crippen LogP contribution in [-0.4, -0.2) is 36.2 Å². The third-order valence-electron chi connectivity index (χ3n) is 3.78. The molecule has 0 bridgehead atoms. The predicted octanol–water partition coefficient (Wildman–Crippen LogP) is 3.29. The zero-order valence-electron chi connectivity index (χ0n) is 11.5. The fourth-order valence-electron chi connectivity index (χ4n) is 2.68. The maximum Gasteiger partial charge on any atom is 0.129 e. The lowest BCUT2D eigenvalue weighted by Gasteiger charge is -2.35. The summed E-state index contributed by atoms with van der Waals surface area (Å²) < 4.78 is 0.793. The monoisotopic (exact) mass is 326 g/mol. The van der Waals surface area contributed by atoms with Crippen LogP contribution in [0.5, 0.6) is 5.75 Å². The second-order valence-electron chi connectivity index (χ2n) is 5.15. The van der Waals surface area contributed by atoms with Crippen molar-refractivity contribution in [2.75, 3.05) is 26.2 Å². The van der Waals surface area contributed by atoms with Crippen molar-refractivity contribution in [2.24, 2.45) is 0 Å². The molecule has 0 amide bonds. The summed E-state index contributed by atoms with van der Waals surface area (Å²) in [5.41, 5.74) is 1.31. The molecular weight excluding hydrogens is 304 g/mol. The van der Waals surface area contributed by atoms with E-state index < -0.39 is 0 Å². The molecule has 106 valence electrons. The Balaban J connectivity index is 2.17. The van der Waals surface area contributed by atoms with Crippen molar-refractivity contribution in [2.45, 2.75) is 32.2 Å². The van der Waals surface area contributed by atoms with E-state index in [1.54, 1.807) is 6.07 Å². The van der Waals surface area contributed by atoms with Crippen molar-refractivity contribution in [3.8, 4) is 5.75 Å². The summed E-state index contributed by atoms with van der Waals surface area (Å²) in [6, 6.07) is 6.39. The summed E-state index contributed by atoms with van der Waals surface area (Å²) in [5, 5.41) is 13.0. The van der Waals surface area contributed by atoms with Crippen LogP contribution >= 0.6 is 15.9 Å². The van der Waals surface area contributed by atoms with E-state index in [1.165, 1.54) is 24.8 Å². The van der Waals surface area contributed by atoms with Crippen molar-refractivity contribution < 1.29 is 5.11 Å². The summed E-state index contributed by atoms with van der Waals surface area (Å²) in [7, 11) is 0. The average molecular weight is 327 g/mol. The van der Waals surface area contributed by atoms with Crippen molar-refractivity contribution in [1.82, 2.24) is 10.2 Å². The molecule has 3 nitrogen and oxygen atoms in total. The third kappa shape index (κ3) is 3.94. The fraction of sp³-hybridized carbons (Fsp3) is 0.600. The van der Waals surface area contributed by atoms with E-state index in [0.717, 1.165) is 30.7 Å². The van der Waals surface area contributed by atoms with Gasteiger partial charge in [-0.15, -0.1) is 0 Å². The largest absolute Gasteiger partial charge is 0.507 e. The highest BCUT2D eigenvalue weighted by molar-refractivity contribution is 9.10. The van der Waals surface area contributed by atoms with E-state index in [2.05, 4.69) is 45.2 Å². The number of hydrogen-bond acceptors (Lipinski definition) is 3. The van der Waals surface area contributed by atoms with E-state index in [4.69, 9.17) is 0 Å². The third-order valence-corrected chi connectivity index (χ3v) is 4.42. The van der Waals surface area contributed by atoms with E-state index in [9.17, 15) is 5.11 Å². The van der Waals surface area contributed by atoms with Crippen LogP contribution in [0.15, 0.2) is 22.7 Å². The second kappa shape index (κ2) is 7.27. The van der Waals surface area contributed by atoms with E-state index in [-0.39, 0.29) is 0 Å². The lowest BCUT2D eigenvalue weighted by molar-refractivity contribution is 0.163.